The van der Waals surface area contributed by atoms with Crippen molar-refractivity contribution in [1.82, 2.24) is 4.90 Å². The Morgan fingerprint density at radius 1 is 1.50 bits per heavy atom. The first-order chi connectivity index (χ1) is 9.43. The lowest BCUT2D eigenvalue weighted by molar-refractivity contribution is -0.116. The highest BCUT2D eigenvalue weighted by Gasteiger charge is 2.11. The summed E-state index contributed by atoms with van der Waals surface area (Å²) in [7, 11) is 2.05. The minimum Gasteiger partial charge on any atom is -0.397 e. The monoisotopic (exact) mass is 297 g/mol. The van der Waals surface area contributed by atoms with Crippen LogP contribution in [0, 0.1) is 0 Å². The van der Waals surface area contributed by atoms with Crippen molar-refractivity contribution in [3.63, 3.8) is 0 Å². The minimum atomic E-state index is -0.0328. The van der Waals surface area contributed by atoms with Gasteiger partial charge in [-0.05, 0) is 38.6 Å². The standard InChI is InChI=1S/C15H24ClN3O/c1-4-5-11(2)19(3)9-8-15(20)18-14-7-6-12(16)10-13(14)17/h6-7,10-11H,4-5,8-9,17H2,1-3H3,(H,18,20). The molecule has 3 N–H and O–H groups in total. The molecule has 0 aliphatic rings. The van der Waals surface area contributed by atoms with Crippen LogP contribution in [-0.2, 0) is 4.79 Å². The highest BCUT2D eigenvalue weighted by Crippen LogP contribution is 2.22. The number of hydrogen-bond donors (Lipinski definition) is 2. The third kappa shape index (κ3) is 5.39. The lowest BCUT2D eigenvalue weighted by Crippen LogP contribution is -2.32. The Morgan fingerprint density at radius 2 is 2.20 bits per heavy atom. The zero-order valence-corrected chi connectivity index (χ0v) is 13.2. The first-order valence-corrected chi connectivity index (χ1v) is 7.37. The summed E-state index contributed by atoms with van der Waals surface area (Å²) in [6, 6.07) is 5.56. The molecule has 0 aromatic heterocycles. The second-order valence-corrected chi connectivity index (χ2v) is 5.58. The fraction of sp³-hybridized carbons (Fsp3) is 0.533. The van der Waals surface area contributed by atoms with E-state index in [1.165, 1.54) is 0 Å². The van der Waals surface area contributed by atoms with Gasteiger partial charge in [-0.25, -0.2) is 0 Å². The number of halogens is 1. The van der Waals surface area contributed by atoms with E-state index in [1.54, 1.807) is 18.2 Å². The Bertz CT molecular complexity index is 451. The van der Waals surface area contributed by atoms with Crippen LogP contribution in [-0.4, -0.2) is 30.4 Å². The lowest BCUT2D eigenvalue weighted by Gasteiger charge is -2.24. The van der Waals surface area contributed by atoms with Gasteiger partial charge in [0.05, 0.1) is 11.4 Å². The molecule has 1 amide bonds. The van der Waals surface area contributed by atoms with Gasteiger partial charge in [0.1, 0.15) is 0 Å². The van der Waals surface area contributed by atoms with E-state index in [2.05, 4.69) is 24.1 Å². The summed E-state index contributed by atoms with van der Waals surface area (Å²) < 4.78 is 0. The Hall–Kier alpha value is -1.26. The van der Waals surface area contributed by atoms with E-state index in [4.69, 9.17) is 17.3 Å². The van der Waals surface area contributed by atoms with E-state index in [9.17, 15) is 4.79 Å². The van der Waals surface area contributed by atoms with Crippen LogP contribution in [0.3, 0.4) is 0 Å². The second kappa shape index (κ2) is 8.12. The molecule has 0 radical (unpaired) electrons. The third-order valence-corrected chi connectivity index (χ3v) is 3.67. The molecule has 0 aliphatic carbocycles. The highest BCUT2D eigenvalue weighted by molar-refractivity contribution is 6.31. The molecule has 1 atom stereocenters. The zero-order valence-electron chi connectivity index (χ0n) is 12.4. The lowest BCUT2D eigenvalue weighted by atomic mass is 10.1. The maximum absolute atomic E-state index is 11.9. The number of carbonyl (C=O) groups is 1. The van der Waals surface area contributed by atoms with Crippen molar-refractivity contribution in [2.45, 2.75) is 39.2 Å². The van der Waals surface area contributed by atoms with Gasteiger partial charge in [0.15, 0.2) is 0 Å². The number of carbonyl (C=O) groups excluding carboxylic acids is 1. The Morgan fingerprint density at radius 3 is 2.80 bits per heavy atom. The number of anilines is 2. The van der Waals surface area contributed by atoms with Gasteiger partial charge < -0.3 is 16.0 Å². The molecule has 4 nitrogen and oxygen atoms in total. The Kier molecular flexibility index (Phi) is 6.82. The molecule has 20 heavy (non-hydrogen) atoms. The maximum atomic E-state index is 11.9. The van der Waals surface area contributed by atoms with Crippen LogP contribution >= 0.6 is 11.6 Å². The summed E-state index contributed by atoms with van der Waals surface area (Å²) >= 11 is 5.82. The molecule has 0 aliphatic heterocycles. The fourth-order valence-corrected chi connectivity index (χ4v) is 2.18. The average Bonchev–Trinajstić information content (AvgIpc) is 2.39. The zero-order chi connectivity index (χ0) is 15.1. The molecule has 0 bridgehead atoms. The van der Waals surface area contributed by atoms with Crippen molar-refractivity contribution < 1.29 is 4.79 Å². The fourth-order valence-electron chi connectivity index (χ4n) is 2.00. The smallest absolute Gasteiger partial charge is 0.225 e. The van der Waals surface area contributed by atoms with Crippen LogP contribution in [0.2, 0.25) is 5.02 Å². The molecule has 0 spiro atoms. The van der Waals surface area contributed by atoms with Gasteiger partial charge in [-0.15, -0.1) is 0 Å². The summed E-state index contributed by atoms with van der Waals surface area (Å²) in [6.45, 7) is 5.08. The van der Waals surface area contributed by atoms with Crippen molar-refractivity contribution in [2.75, 3.05) is 24.6 Å². The number of nitrogens with zero attached hydrogens (tertiary/aromatic N) is 1. The van der Waals surface area contributed by atoms with Crippen molar-refractivity contribution in [3.05, 3.63) is 23.2 Å². The van der Waals surface area contributed by atoms with Gasteiger partial charge in [-0.1, -0.05) is 24.9 Å². The van der Waals surface area contributed by atoms with Crippen LogP contribution in [0.4, 0.5) is 11.4 Å². The van der Waals surface area contributed by atoms with Crippen LogP contribution in [0.25, 0.3) is 0 Å². The van der Waals surface area contributed by atoms with Crippen molar-refractivity contribution >= 4 is 28.9 Å². The Balaban J connectivity index is 2.44. The number of rotatable bonds is 7. The number of hydrogen-bond acceptors (Lipinski definition) is 3. The molecular formula is C15H24ClN3O. The highest BCUT2D eigenvalue weighted by atomic mass is 35.5. The molecule has 5 heteroatoms. The summed E-state index contributed by atoms with van der Waals surface area (Å²) in [6.07, 6.45) is 2.74. The van der Waals surface area contributed by atoms with Crippen LogP contribution in [0.5, 0.6) is 0 Å². The number of nitrogens with one attached hydrogen (secondary N) is 1. The molecule has 112 valence electrons. The van der Waals surface area contributed by atoms with Crippen LogP contribution in [0.1, 0.15) is 33.1 Å². The van der Waals surface area contributed by atoms with Gasteiger partial charge in [0.2, 0.25) is 5.91 Å². The molecular weight excluding hydrogens is 274 g/mol. The normalized spacial score (nSPS) is 12.4. The molecule has 1 aromatic carbocycles. The predicted molar refractivity (Wildman–Crippen MR) is 86.1 cm³/mol. The summed E-state index contributed by atoms with van der Waals surface area (Å²) in [5.41, 5.74) is 6.90. The molecule has 0 saturated heterocycles. The predicted octanol–water partition coefficient (Wildman–Crippen LogP) is 3.37. The van der Waals surface area contributed by atoms with E-state index in [0.29, 0.717) is 28.9 Å². The van der Waals surface area contributed by atoms with E-state index in [-0.39, 0.29) is 5.91 Å². The maximum Gasteiger partial charge on any atom is 0.225 e. The van der Waals surface area contributed by atoms with Gasteiger partial charge in [0.25, 0.3) is 0 Å². The van der Waals surface area contributed by atoms with Gasteiger partial charge in [-0.3, -0.25) is 4.79 Å². The number of nitrogen functional groups attached to an aromatic ring is 1. The first kappa shape index (κ1) is 16.8. The van der Waals surface area contributed by atoms with Gasteiger partial charge in [0, 0.05) is 24.0 Å². The average molecular weight is 298 g/mol. The largest absolute Gasteiger partial charge is 0.397 e. The van der Waals surface area contributed by atoms with Crippen molar-refractivity contribution in [1.29, 1.82) is 0 Å². The summed E-state index contributed by atoms with van der Waals surface area (Å²) in [4.78, 5) is 14.1. The molecule has 0 heterocycles. The third-order valence-electron chi connectivity index (χ3n) is 3.44. The molecule has 1 aromatic rings. The number of nitrogens with two attached hydrogens (primary N) is 1. The molecule has 1 rings (SSSR count). The van der Waals surface area contributed by atoms with Crippen LogP contribution < -0.4 is 11.1 Å². The van der Waals surface area contributed by atoms with Gasteiger partial charge >= 0.3 is 0 Å². The number of amides is 1. The summed E-state index contributed by atoms with van der Waals surface area (Å²) in [5, 5.41) is 3.38. The second-order valence-electron chi connectivity index (χ2n) is 5.15. The van der Waals surface area contributed by atoms with Crippen molar-refractivity contribution in [2.24, 2.45) is 0 Å². The van der Waals surface area contributed by atoms with E-state index in [0.717, 1.165) is 19.4 Å². The van der Waals surface area contributed by atoms with Crippen molar-refractivity contribution in [3.8, 4) is 0 Å². The van der Waals surface area contributed by atoms with E-state index in [1.807, 2.05) is 7.05 Å². The minimum absolute atomic E-state index is 0.0328. The molecule has 0 fully saturated rings. The van der Waals surface area contributed by atoms with E-state index < -0.39 is 0 Å². The van der Waals surface area contributed by atoms with Gasteiger partial charge in [-0.2, -0.15) is 0 Å². The van der Waals surface area contributed by atoms with E-state index >= 15 is 0 Å². The first-order valence-electron chi connectivity index (χ1n) is 6.99. The Labute approximate surface area is 126 Å². The SMILES string of the molecule is CCCC(C)N(C)CCC(=O)Nc1ccc(Cl)cc1N. The quantitative estimate of drug-likeness (QED) is 0.759. The summed E-state index contributed by atoms with van der Waals surface area (Å²) in [5.74, 6) is -0.0328. The molecule has 0 saturated carbocycles. The number of benzene rings is 1. The van der Waals surface area contributed by atoms with Crippen LogP contribution in [0.15, 0.2) is 18.2 Å². The molecule has 1 unspecified atom stereocenters. The topological polar surface area (TPSA) is 58.4 Å².